The van der Waals surface area contributed by atoms with Crippen LogP contribution in [-0.2, 0) is 11.3 Å². The molecule has 1 saturated heterocycles. The lowest BCUT2D eigenvalue weighted by Crippen LogP contribution is -2.45. The van der Waals surface area contributed by atoms with E-state index in [1.807, 2.05) is 29.2 Å². The summed E-state index contributed by atoms with van der Waals surface area (Å²) < 4.78 is 5.41. The lowest BCUT2D eigenvalue weighted by molar-refractivity contribution is -0.134. The van der Waals surface area contributed by atoms with Gasteiger partial charge >= 0.3 is 0 Å². The highest BCUT2D eigenvalue weighted by Gasteiger charge is 2.32. The fourth-order valence-electron chi connectivity index (χ4n) is 4.02. The summed E-state index contributed by atoms with van der Waals surface area (Å²) in [6.45, 7) is 5.03. The predicted octanol–water partition coefficient (Wildman–Crippen LogP) is 2.54. The lowest BCUT2D eigenvalue weighted by Gasteiger charge is -2.21. The summed E-state index contributed by atoms with van der Waals surface area (Å²) in [4.78, 5) is 19.4. The van der Waals surface area contributed by atoms with Crippen LogP contribution in [-0.4, -0.2) is 49.6 Å². The van der Waals surface area contributed by atoms with E-state index in [4.69, 9.17) is 9.73 Å². The van der Waals surface area contributed by atoms with Crippen LogP contribution in [0.5, 0.6) is 5.75 Å². The Morgan fingerprint density at radius 3 is 2.78 bits per heavy atom. The van der Waals surface area contributed by atoms with Crippen LogP contribution in [0.25, 0.3) is 0 Å². The molecule has 1 aromatic carbocycles. The largest absolute Gasteiger partial charge is 0.496 e. The fraction of sp³-hybridized carbons (Fsp3) is 0.619. The first-order valence-corrected chi connectivity index (χ1v) is 10.2. The second-order valence-corrected chi connectivity index (χ2v) is 7.40. The topological polar surface area (TPSA) is 66.0 Å². The Morgan fingerprint density at radius 1 is 1.26 bits per heavy atom. The van der Waals surface area contributed by atoms with Gasteiger partial charge in [0.05, 0.1) is 13.7 Å². The van der Waals surface area contributed by atoms with Crippen LogP contribution in [0.3, 0.4) is 0 Å². The average Bonchev–Trinajstić information content (AvgIpc) is 3.38. The maximum atomic E-state index is 12.6. The summed E-state index contributed by atoms with van der Waals surface area (Å²) >= 11 is 0. The third kappa shape index (κ3) is 5.15. The lowest BCUT2D eigenvalue weighted by atomic mass is 10.1. The van der Waals surface area contributed by atoms with Crippen LogP contribution in [0.4, 0.5) is 0 Å². The highest BCUT2D eigenvalue weighted by molar-refractivity contribution is 5.81. The van der Waals surface area contributed by atoms with Gasteiger partial charge in [0.1, 0.15) is 5.75 Å². The molecule has 1 atom stereocenters. The molecule has 3 rings (SSSR count). The van der Waals surface area contributed by atoms with E-state index in [1.54, 1.807) is 7.11 Å². The first-order chi connectivity index (χ1) is 13.2. The number of carbonyl (C=O) groups is 1. The number of nitrogens with one attached hydrogen (secondary N) is 2. The van der Waals surface area contributed by atoms with Crippen LogP contribution in [0.15, 0.2) is 29.3 Å². The second kappa shape index (κ2) is 9.62. The van der Waals surface area contributed by atoms with Gasteiger partial charge in [-0.25, -0.2) is 4.99 Å². The highest BCUT2D eigenvalue weighted by atomic mass is 16.5. The Labute approximate surface area is 162 Å². The summed E-state index contributed by atoms with van der Waals surface area (Å²) in [5, 5.41) is 6.82. The van der Waals surface area contributed by atoms with Crippen molar-refractivity contribution < 1.29 is 9.53 Å². The van der Waals surface area contributed by atoms with Gasteiger partial charge < -0.3 is 20.3 Å². The number of likely N-dealkylation sites (tertiary alicyclic amines) is 1. The Morgan fingerprint density at radius 2 is 2.04 bits per heavy atom. The molecule has 1 amide bonds. The van der Waals surface area contributed by atoms with E-state index in [0.717, 1.165) is 56.2 Å². The molecule has 1 heterocycles. The minimum Gasteiger partial charge on any atom is -0.496 e. The number of para-hydroxylation sites is 1. The van der Waals surface area contributed by atoms with Crippen molar-refractivity contribution in [2.75, 3.05) is 26.7 Å². The molecule has 1 aliphatic heterocycles. The van der Waals surface area contributed by atoms with Crippen LogP contribution in [0, 0.1) is 5.92 Å². The van der Waals surface area contributed by atoms with Crippen LogP contribution in [0.2, 0.25) is 0 Å². The van der Waals surface area contributed by atoms with Crippen molar-refractivity contribution in [1.82, 2.24) is 15.5 Å². The number of methoxy groups -OCH3 is 1. The SMILES string of the molecule is CCNC(=NCc1ccccc1OC)NC1CCN(C(=O)C2CCCC2)C1. The molecule has 1 aliphatic carbocycles. The predicted molar refractivity (Wildman–Crippen MR) is 108 cm³/mol. The van der Waals surface area contributed by atoms with Crippen LogP contribution in [0.1, 0.15) is 44.6 Å². The van der Waals surface area contributed by atoms with Crippen molar-refractivity contribution in [1.29, 1.82) is 0 Å². The zero-order valence-corrected chi connectivity index (χ0v) is 16.5. The smallest absolute Gasteiger partial charge is 0.225 e. The summed E-state index contributed by atoms with van der Waals surface area (Å²) in [6.07, 6.45) is 5.50. The zero-order chi connectivity index (χ0) is 19.1. The number of carbonyl (C=O) groups excluding carboxylic acids is 1. The molecular weight excluding hydrogens is 340 g/mol. The number of nitrogens with zero attached hydrogens (tertiary/aromatic N) is 2. The molecule has 6 heteroatoms. The van der Waals surface area contributed by atoms with Gasteiger partial charge in [0, 0.05) is 37.2 Å². The van der Waals surface area contributed by atoms with Gasteiger partial charge in [-0.3, -0.25) is 4.79 Å². The van der Waals surface area contributed by atoms with Gasteiger partial charge in [-0.15, -0.1) is 0 Å². The number of hydrogen-bond acceptors (Lipinski definition) is 3. The number of ether oxygens (including phenoxy) is 1. The van der Waals surface area contributed by atoms with E-state index in [1.165, 1.54) is 12.8 Å². The van der Waals surface area contributed by atoms with Gasteiger partial charge in [0.15, 0.2) is 5.96 Å². The molecule has 6 nitrogen and oxygen atoms in total. The summed E-state index contributed by atoms with van der Waals surface area (Å²) in [5.41, 5.74) is 1.06. The standard InChI is InChI=1S/C21H32N4O2/c1-3-22-21(23-14-17-10-6-7-11-19(17)27-2)24-18-12-13-25(15-18)20(26)16-8-4-5-9-16/h6-7,10-11,16,18H,3-5,8-9,12-15H2,1-2H3,(H2,22,23,24). The number of guanidine groups is 1. The number of benzene rings is 1. The summed E-state index contributed by atoms with van der Waals surface area (Å²) in [7, 11) is 1.68. The molecule has 0 aromatic heterocycles. The Balaban J connectivity index is 1.57. The van der Waals surface area contributed by atoms with E-state index in [9.17, 15) is 4.79 Å². The van der Waals surface area contributed by atoms with Crippen molar-refractivity contribution in [2.45, 2.75) is 51.6 Å². The summed E-state index contributed by atoms with van der Waals surface area (Å²) in [6, 6.07) is 8.20. The van der Waals surface area contributed by atoms with E-state index in [-0.39, 0.29) is 12.0 Å². The van der Waals surface area contributed by atoms with Crippen molar-refractivity contribution in [2.24, 2.45) is 10.9 Å². The van der Waals surface area contributed by atoms with Gasteiger partial charge in [-0.2, -0.15) is 0 Å². The molecule has 1 unspecified atom stereocenters. The van der Waals surface area contributed by atoms with Crippen LogP contribution < -0.4 is 15.4 Å². The molecule has 0 spiro atoms. The maximum absolute atomic E-state index is 12.6. The van der Waals surface area contributed by atoms with Crippen molar-refractivity contribution >= 4 is 11.9 Å². The number of rotatable bonds is 6. The third-order valence-corrected chi connectivity index (χ3v) is 5.49. The molecule has 148 valence electrons. The Bertz CT molecular complexity index is 655. The average molecular weight is 373 g/mol. The number of amides is 1. The van der Waals surface area contributed by atoms with E-state index in [2.05, 4.69) is 17.6 Å². The van der Waals surface area contributed by atoms with Gasteiger partial charge in [0.2, 0.25) is 5.91 Å². The highest BCUT2D eigenvalue weighted by Crippen LogP contribution is 2.27. The normalized spacial score (nSPS) is 20.7. The van der Waals surface area contributed by atoms with E-state index >= 15 is 0 Å². The first kappa shape index (κ1) is 19.5. The maximum Gasteiger partial charge on any atom is 0.225 e. The molecule has 0 bridgehead atoms. The number of aliphatic imine (C=N–C) groups is 1. The minimum atomic E-state index is 0.255. The van der Waals surface area contributed by atoms with Crippen molar-refractivity contribution in [3.8, 4) is 5.75 Å². The quantitative estimate of drug-likeness (QED) is 0.595. The number of hydrogen-bond donors (Lipinski definition) is 2. The molecule has 0 radical (unpaired) electrons. The van der Waals surface area contributed by atoms with Crippen molar-refractivity contribution in [3.63, 3.8) is 0 Å². The van der Waals surface area contributed by atoms with Gasteiger partial charge in [-0.05, 0) is 32.3 Å². The first-order valence-electron chi connectivity index (χ1n) is 10.2. The van der Waals surface area contributed by atoms with Crippen LogP contribution >= 0.6 is 0 Å². The summed E-state index contributed by atoms with van der Waals surface area (Å²) in [5.74, 6) is 2.26. The molecule has 1 saturated carbocycles. The molecule has 27 heavy (non-hydrogen) atoms. The van der Waals surface area contributed by atoms with Crippen molar-refractivity contribution in [3.05, 3.63) is 29.8 Å². The van der Waals surface area contributed by atoms with Gasteiger partial charge in [0.25, 0.3) is 0 Å². The molecule has 2 aliphatic rings. The fourth-order valence-corrected chi connectivity index (χ4v) is 4.02. The second-order valence-electron chi connectivity index (χ2n) is 7.40. The molecule has 1 aromatic rings. The Hall–Kier alpha value is -2.24. The molecule has 2 N–H and O–H groups in total. The minimum absolute atomic E-state index is 0.255. The Kier molecular flexibility index (Phi) is 6.96. The third-order valence-electron chi connectivity index (χ3n) is 5.49. The van der Waals surface area contributed by atoms with E-state index in [0.29, 0.717) is 12.5 Å². The molecule has 2 fully saturated rings. The zero-order valence-electron chi connectivity index (χ0n) is 16.5. The molecular formula is C21H32N4O2. The monoisotopic (exact) mass is 372 g/mol. The van der Waals surface area contributed by atoms with Gasteiger partial charge in [-0.1, -0.05) is 31.0 Å². The van der Waals surface area contributed by atoms with E-state index < -0.39 is 0 Å².